The second kappa shape index (κ2) is 17.7. The molecule has 0 fully saturated rings. The van der Waals surface area contributed by atoms with Crippen molar-refractivity contribution in [2.45, 2.75) is 96.5 Å². The zero-order chi connectivity index (χ0) is 27.3. The first-order valence-electron chi connectivity index (χ1n) is 14.3. The van der Waals surface area contributed by atoms with Gasteiger partial charge in [-0.2, -0.15) is 0 Å². The fraction of sp³-hybridized carbons (Fsp3) is 0.889. The number of aliphatic hydroxyl groups is 1. The molecule has 0 rings (SSSR count). The molecule has 0 atom stereocenters. The first-order valence-corrected chi connectivity index (χ1v) is 6.80. The van der Waals surface area contributed by atoms with E-state index in [0.29, 0.717) is 12.8 Å². The van der Waals surface area contributed by atoms with Gasteiger partial charge in [0.1, 0.15) is 0 Å². The van der Waals surface area contributed by atoms with Gasteiger partial charge >= 0.3 is 0 Å². The number of unbranched alkanes of at least 4 members (excludes halogenated alkanes) is 6. The quantitative estimate of drug-likeness (QED) is 0.288. The first kappa shape index (κ1) is 5.48. The number of hydrogen-bond acceptors (Lipinski definition) is 1. The van der Waals surface area contributed by atoms with Crippen molar-refractivity contribution in [3.05, 3.63) is 12.2 Å². The molecular formula is C18H36O. The molecule has 0 radical (unpaired) electrons. The van der Waals surface area contributed by atoms with Gasteiger partial charge < -0.3 is 5.11 Å². The molecule has 0 unspecified atom stereocenters. The van der Waals surface area contributed by atoms with Crippen LogP contribution < -0.4 is 0 Å². The zero-order valence-corrected chi connectivity index (χ0v) is 11.5. The van der Waals surface area contributed by atoms with Crippen molar-refractivity contribution < 1.29 is 25.7 Å². The predicted octanol–water partition coefficient (Wildman–Crippen LogP) is 6.02. The molecule has 0 bridgehead atoms. The molecule has 1 nitrogen and oxygen atoms in total. The van der Waals surface area contributed by atoms with E-state index < -0.39 is 51.5 Å². The third kappa shape index (κ3) is 17.7. The van der Waals surface area contributed by atoms with E-state index in [9.17, 15) is 0 Å². The number of hydrogen-bond donors (Lipinski definition) is 1. The Kier molecular flexibility index (Phi) is 5.10. The molecule has 0 amide bonds. The third-order valence-corrected chi connectivity index (χ3v) is 2.47. The van der Waals surface area contributed by atoms with Crippen LogP contribution in [0.25, 0.3) is 0 Å². The van der Waals surface area contributed by atoms with Crippen LogP contribution in [-0.2, 0) is 0 Å². The number of aliphatic hydroxyl groups excluding tert-OH is 1. The lowest BCUT2D eigenvalue weighted by Crippen LogP contribution is -1.83. The summed E-state index contributed by atoms with van der Waals surface area (Å²) in [5.74, 6) is 0. The summed E-state index contributed by atoms with van der Waals surface area (Å²) in [7, 11) is 0. The lowest BCUT2D eigenvalue weighted by molar-refractivity contribution is 0.282. The maximum absolute atomic E-state index is 8.73. The van der Waals surface area contributed by atoms with Gasteiger partial charge in [-0.3, -0.25) is 0 Å². The highest BCUT2D eigenvalue weighted by atomic mass is 16.2. The molecule has 0 aliphatic heterocycles. The zero-order valence-electron chi connectivity index (χ0n) is 26.5. The van der Waals surface area contributed by atoms with Crippen molar-refractivity contribution in [3.8, 4) is 0 Å². The highest BCUT2D eigenvalue weighted by Gasteiger charge is 1.90. The van der Waals surface area contributed by atoms with Crippen molar-refractivity contribution in [2.75, 3.05) is 6.61 Å². The summed E-state index contributed by atoms with van der Waals surface area (Å²) in [6, 6.07) is 0. The smallest absolute Gasteiger partial charge is 0.0431 e. The molecule has 0 spiro atoms. The molecule has 0 aliphatic carbocycles. The van der Waals surface area contributed by atoms with Crippen LogP contribution >= 0.6 is 0 Å². The van der Waals surface area contributed by atoms with E-state index in [0.717, 1.165) is 38.2 Å². The second-order valence-electron chi connectivity index (χ2n) is 4.09. The van der Waals surface area contributed by atoms with E-state index in [1.807, 2.05) is 0 Å². The van der Waals surface area contributed by atoms with Gasteiger partial charge in [0.15, 0.2) is 0 Å². The summed E-state index contributed by atoms with van der Waals surface area (Å²) in [6.45, 7) is -3.35. The van der Waals surface area contributed by atoms with Gasteiger partial charge in [0, 0.05) is 27.2 Å². The van der Waals surface area contributed by atoms with Crippen LogP contribution in [-0.4, -0.2) is 11.7 Å². The molecule has 0 aromatic rings. The average Bonchev–Trinajstić information content (AvgIpc) is 2.64. The van der Waals surface area contributed by atoms with Gasteiger partial charge in [0.05, 0.1) is 0 Å². The minimum absolute atomic E-state index is 0.141. The molecule has 1 N–H and O–H groups in total. The van der Waals surface area contributed by atoms with E-state index in [1.54, 1.807) is 0 Å². The highest BCUT2D eigenvalue weighted by Crippen LogP contribution is 2.09. The van der Waals surface area contributed by atoms with E-state index in [-0.39, 0.29) is 6.61 Å². The van der Waals surface area contributed by atoms with E-state index in [1.165, 1.54) is 6.08 Å². The maximum atomic E-state index is 8.73. The van der Waals surface area contributed by atoms with Crippen LogP contribution in [0.2, 0.25) is 0 Å². The number of rotatable bonds is 15. The van der Waals surface area contributed by atoms with E-state index in [2.05, 4.69) is 0 Å². The average molecular weight is 284 g/mol. The monoisotopic (exact) mass is 283 g/mol. The van der Waals surface area contributed by atoms with Crippen molar-refractivity contribution in [1.29, 1.82) is 0 Å². The van der Waals surface area contributed by atoms with Crippen LogP contribution in [0, 0.1) is 0 Å². The van der Waals surface area contributed by atoms with Gasteiger partial charge in [-0.1, -0.05) is 76.6 Å². The first-order chi connectivity index (χ1) is 15.0. The topological polar surface area (TPSA) is 20.2 Å². The Bertz CT molecular complexity index is 652. The molecule has 0 saturated carbocycles. The third-order valence-electron chi connectivity index (χ3n) is 2.47. The van der Waals surface area contributed by atoms with Crippen molar-refractivity contribution >= 4 is 0 Å². The molecule has 114 valence electrons. The molecule has 0 saturated heterocycles. The van der Waals surface area contributed by atoms with Crippen molar-refractivity contribution in [3.63, 3.8) is 0 Å². The van der Waals surface area contributed by atoms with Gasteiger partial charge in [0.2, 0.25) is 0 Å². The normalized spacial score (nSPS) is 28.4. The van der Waals surface area contributed by atoms with Gasteiger partial charge in [-0.15, -0.1) is 0 Å². The van der Waals surface area contributed by atoms with E-state index >= 15 is 0 Å². The molecule has 0 aromatic heterocycles. The Morgan fingerprint density at radius 1 is 0.842 bits per heavy atom. The molecule has 1 heteroatoms. The van der Waals surface area contributed by atoms with Gasteiger partial charge in [0.25, 0.3) is 0 Å². The van der Waals surface area contributed by atoms with E-state index in [4.69, 9.17) is 25.7 Å². The van der Waals surface area contributed by atoms with Crippen LogP contribution in [0.5, 0.6) is 0 Å². The maximum Gasteiger partial charge on any atom is 0.0431 e. The minimum atomic E-state index is -3.65. The Morgan fingerprint density at radius 2 is 1.63 bits per heavy atom. The second-order valence-corrected chi connectivity index (χ2v) is 4.09. The fourth-order valence-electron chi connectivity index (χ4n) is 1.48. The van der Waals surface area contributed by atoms with Crippen molar-refractivity contribution in [1.82, 2.24) is 0 Å². The Labute approximate surface area is 142 Å². The van der Waals surface area contributed by atoms with Gasteiger partial charge in [-0.05, 0) is 32.0 Å². The molecule has 0 heterocycles. The molecule has 0 aromatic carbocycles. The Morgan fingerprint density at radius 3 is 2.42 bits per heavy atom. The Balaban J connectivity index is 5.46. The summed E-state index contributed by atoms with van der Waals surface area (Å²) in [5.41, 5.74) is 0. The minimum Gasteiger partial charge on any atom is -0.396 e. The fourth-order valence-corrected chi connectivity index (χ4v) is 1.48. The summed E-state index contributed by atoms with van der Waals surface area (Å²) in [5, 5.41) is 8.73. The van der Waals surface area contributed by atoms with Crippen molar-refractivity contribution in [2.24, 2.45) is 0 Å². The van der Waals surface area contributed by atoms with Crippen LogP contribution in [0.4, 0.5) is 0 Å². The Hall–Kier alpha value is -0.300. The van der Waals surface area contributed by atoms with Gasteiger partial charge in [-0.25, -0.2) is 0 Å². The molecular weight excluding hydrogens is 232 g/mol. The van der Waals surface area contributed by atoms with Crippen LogP contribution in [0.15, 0.2) is 12.2 Å². The molecule has 19 heavy (non-hydrogen) atoms. The summed E-state index contributed by atoms with van der Waals surface area (Å²) >= 11 is 0. The predicted molar refractivity (Wildman–Crippen MR) is 86.5 cm³/mol. The summed E-state index contributed by atoms with van der Waals surface area (Å²) in [4.78, 5) is 0. The SMILES string of the molecule is [2H]C([2H])([2H])C([2H])([2H])C([2H])([2H])CC([2H])([2H])C([2H])([2H])C([2H])([2H])C([2H])([2H])/C=C\CCCCCCCCO. The lowest BCUT2D eigenvalue weighted by Gasteiger charge is -1.99. The highest BCUT2D eigenvalue weighted by molar-refractivity contribution is 4.81. The van der Waals surface area contributed by atoms with Crippen LogP contribution in [0.3, 0.4) is 0 Å². The van der Waals surface area contributed by atoms with Crippen LogP contribution in [0.1, 0.15) is 117 Å². The lowest BCUT2D eigenvalue weighted by atomic mass is 10.1. The standard InChI is InChI=1S/C18H36O/c1-2-3-4-5-6-7-8-9-10-11-12-13-14-15-16-17-18-19/h9-10,19H,2-8,11-18H2,1H3/b10-9-/i1D3,2D2,3D2,5D2,6D2,7D2,8D2. The summed E-state index contributed by atoms with van der Waals surface area (Å²) < 4.78 is 117. The number of allylic oxidation sites excluding steroid dienone is 2. The largest absolute Gasteiger partial charge is 0.396 e. The summed E-state index contributed by atoms with van der Waals surface area (Å²) in [6.07, 6.45) is -14.7. The molecule has 0 aliphatic rings.